The van der Waals surface area contributed by atoms with Crippen LogP contribution in [0.15, 0.2) is 36.5 Å². The van der Waals surface area contributed by atoms with Crippen LogP contribution in [0.2, 0.25) is 0 Å². The first-order valence-electron chi connectivity index (χ1n) is 20.2. The molecule has 0 fully saturated rings. The predicted molar refractivity (Wildman–Crippen MR) is 209 cm³/mol. The maximum absolute atomic E-state index is 12.8. The maximum Gasteiger partial charge on any atom is 0.472 e. The van der Waals surface area contributed by atoms with Gasteiger partial charge in [0.25, 0.3) is 0 Å². The fourth-order valence-electron chi connectivity index (χ4n) is 5.68. The maximum atomic E-state index is 12.8. The van der Waals surface area contributed by atoms with Gasteiger partial charge in [-0.1, -0.05) is 159 Å². The molecule has 0 aliphatic heterocycles. The van der Waals surface area contributed by atoms with Crippen LogP contribution < -0.4 is 11.1 Å². The van der Waals surface area contributed by atoms with Gasteiger partial charge in [-0.25, -0.2) is 4.57 Å². The fraction of sp³-hybridized carbons (Fsp3) is 0.825. The highest BCUT2D eigenvalue weighted by Crippen LogP contribution is 2.43. The molecule has 0 rings (SSSR count). The lowest BCUT2D eigenvalue weighted by Gasteiger charge is -2.24. The number of aliphatic hydroxyl groups excluding tert-OH is 2. The van der Waals surface area contributed by atoms with E-state index in [-0.39, 0.29) is 19.6 Å². The minimum Gasteiger partial charge on any atom is -0.393 e. The van der Waals surface area contributed by atoms with E-state index in [2.05, 4.69) is 43.5 Å². The number of carbonyl (C=O) groups excluding carboxylic acids is 1. The average molecular weight is 729 g/mol. The molecule has 9 nitrogen and oxygen atoms in total. The second-order valence-electron chi connectivity index (χ2n) is 13.7. The van der Waals surface area contributed by atoms with E-state index in [0.29, 0.717) is 12.8 Å². The zero-order valence-corrected chi connectivity index (χ0v) is 32.9. The topological polar surface area (TPSA) is 151 Å². The molecule has 0 aromatic heterocycles. The number of carbonyl (C=O) groups is 1. The molecule has 0 heterocycles. The molecule has 50 heavy (non-hydrogen) atoms. The molecule has 0 radical (unpaired) electrons. The number of hydrogen-bond donors (Lipinski definition) is 5. The molecule has 294 valence electrons. The van der Waals surface area contributed by atoms with Gasteiger partial charge < -0.3 is 26.2 Å². The normalized spacial score (nSPS) is 15.2. The molecule has 0 spiro atoms. The Kier molecular flexibility index (Phi) is 35.1. The van der Waals surface area contributed by atoms with Crippen molar-refractivity contribution in [2.24, 2.45) is 5.73 Å². The Balaban J connectivity index is 4.48. The van der Waals surface area contributed by atoms with Gasteiger partial charge in [-0.15, -0.1) is 0 Å². The SMILES string of the molecule is CCCCCCCC/C=C/CC/C=C/CC/C=C/C(O)C(COP(=O)(O)OCCN)NC(=O)CC(O)CCCCCCCCCCCCCC. The van der Waals surface area contributed by atoms with Crippen molar-refractivity contribution in [1.29, 1.82) is 0 Å². The zero-order chi connectivity index (χ0) is 37.0. The van der Waals surface area contributed by atoms with Crippen LogP contribution in [0.25, 0.3) is 0 Å². The van der Waals surface area contributed by atoms with Gasteiger partial charge in [-0.05, 0) is 44.9 Å². The van der Waals surface area contributed by atoms with E-state index in [1.54, 1.807) is 6.08 Å². The molecule has 1 amide bonds. The van der Waals surface area contributed by atoms with Crippen LogP contribution in [-0.4, -0.2) is 59.0 Å². The van der Waals surface area contributed by atoms with Gasteiger partial charge in [-0.2, -0.15) is 0 Å². The van der Waals surface area contributed by atoms with Gasteiger partial charge in [0.2, 0.25) is 5.91 Å². The molecule has 4 atom stereocenters. The third-order valence-electron chi connectivity index (χ3n) is 8.75. The van der Waals surface area contributed by atoms with Crippen LogP contribution in [0.1, 0.15) is 174 Å². The van der Waals surface area contributed by atoms with Crippen molar-refractivity contribution in [2.45, 2.75) is 193 Å². The second kappa shape index (κ2) is 36.1. The third-order valence-corrected chi connectivity index (χ3v) is 9.74. The molecule has 0 aromatic carbocycles. The quantitative estimate of drug-likeness (QED) is 0.0241. The second-order valence-corrected chi connectivity index (χ2v) is 15.1. The van der Waals surface area contributed by atoms with Crippen molar-refractivity contribution >= 4 is 13.7 Å². The van der Waals surface area contributed by atoms with E-state index in [9.17, 15) is 24.5 Å². The molecule has 4 unspecified atom stereocenters. The Morgan fingerprint density at radius 1 is 0.680 bits per heavy atom. The number of amides is 1. The first-order chi connectivity index (χ1) is 24.3. The zero-order valence-electron chi connectivity index (χ0n) is 32.0. The minimum absolute atomic E-state index is 0.0426. The van der Waals surface area contributed by atoms with Crippen molar-refractivity contribution in [3.05, 3.63) is 36.5 Å². The molecule has 10 heteroatoms. The molecule has 0 saturated heterocycles. The summed E-state index contributed by atoms with van der Waals surface area (Å²) in [6.45, 7) is 3.91. The smallest absolute Gasteiger partial charge is 0.393 e. The van der Waals surface area contributed by atoms with Crippen LogP contribution >= 0.6 is 7.82 Å². The summed E-state index contributed by atoms with van der Waals surface area (Å²) in [6, 6.07) is -1.00. The summed E-state index contributed by atoms with van der Waals surface area (Å²) < 4.78 is 22.0. The number of phosphoric acid groups is 1. The first kappa shape index (κ1) is 48.7. The van der Waals surface area contributed by atoms with Crippen LogP contribution in [0.3, 0.4) is 0 Å². The summed E-state index contributed by atoms with van der Waals surface area (Å²) in [6.07, 6.45) is 38.0. The van der Waals surface area contributed by atoms with Crippen molar-refractivity contribution < 1.29 is 33.5 Å². The lowest BCUT2D eigenvalue weighted by atomic mass is 10.0. The molecule has 6 N–H and O–H groups in total. The molecular formula is C40H77N2O7P. The number of unbranched alkanes of at least 4 members (excludes halogenated alkanes) is 19. The number of allylic oxidation sites excluding steroid dienone is 5. The molecule has 0 saturated carbocycles. The van der Waals surface area contributed by atoms with Crippen molar-refractivity contribution in [2.75, 3.05) is 19.8 Å². The van der Waals surface area contributed by atoms with Crippen molar-refractivity contribution in [3.63, 3.8) is 0 Å². The highest BCUT2D eigenvalue weighted by atomic mass is 31.2. The molecular weight excluding hydrogens is 651 g/mol. The minimum atomic E-state index is -4.40. The van der Waals surface area contributed by atoms with E-state index in [4.69, 9.17) is 14.8 Å². The Morgan fingerprint density at radius 2 is 1.14 bits per heavy atom. The summed E-state index contributed by atoms with van der Waals surface area (Å²) in [5.74, 6) is -0.461. The lowest BCUT2D eigenvalue weighted by molar-refractivity contribution is -0.124. The number of hydrogen-bond acceptors (Lipinski definition) is 7. The number of rotatable bonds is 37. The van der Waals surface area contributed by atoms with Crippen LogP contribution in [0.4, 0.5) is 0 Å². The summed E-state index contributed by atoms with van der Waals surface area (Å²) in [5, 5.41) is 23.9. The monoisotopic (exact) mass is 729 g/mol. The van der Waals surface area contributed by atoms with Gasteiger partial charge in [0.1, 0.15) is 0 Å². The predicted octanol–water partition coefficient (Wildman–Crippen LogP) is 9.75. The lowest BCUT2D eigenvalue weighted by Crippen LogP contribution is -2.46. The summed E-state index contributed by atoms with van der Waals surface area (Å²) in [4.78, 5) is 22.7. The van der Waals surface area contributed by atoms with Gasteiger partial charge in [0.15, 0.2) is 0 Å². The van der Waals surface area contributed by atoms with Gasteiger partial charge in [0.05, 0.1) is 37.9 Å². The molecule has 0 aliphatic carbocycles. The van der Waals surface area contributed by atoms with Crippen molar-refractivity contribution in [1.82, 2.24) is 5.32 Å². The summed E-state index contributed by atoms with van der Waals surface area (Å²) in [7, 11) is -4.40. The van der Waals surface area contributed by atoms with Gasteiger partial charge >= 0.3 is 7.82 Å². The van der Waals surface area contributed by atoms with Crippen molar-refractivity contribution in [3.8, 4) is 0 Å². The van der Waals surface area contributed by atoms with E-state index >= 15 is 0 Å². The number of nitrogens with one attached hydrogen (secondary N) is 1. The fourth-order valence-corrected chi connectivity index (χ4v) is 6.44. The highest BCUT2D eigenvalue weighted by Gasteiger charge is 2.27. The highest BCUT2D eigenvalue weighted by molar-refractivity contribution is 7.47. The van der Waals surface area contributed by atoms with Gasteiger partial charge in [-0.3, -0.25) is 13.8 Å². The number of aliphatic hydroxyl groups is 2. The average Bonchev–Trinajstić information content (AvgIpc) is 3.09. The van der Waals surface area contributed by atoms with E-state index in [0.717, 1.165) is 44.9 Å². The Hall–Kier alpha value is -1.32. The molecule has 0 bridgehead atoms. The van der Waals surface area contributed by atoms with E-state index in [1.807, 2.05) is 6.08 Å². The standard InChI is InChI=1S/C40H77N2O7P/c1-3-5-7-9-11-13-15-17-18-19-20-22-24-26-28-30-32-39(44)38(36-49-50(46,47)48-34-33-41)42-40(45)35-37(43)31-29-27-25-23-21-16-14-12-10-8-6-4-2/h17-18,22,24,30,32,37-39,43-44H,3-16,19-21,23,25-29,31,33-36,41H2,1-2H3,(H,42,45)(H,46,47)/b18-17+,24-22+,32-30+. The first-order valence-corrected chi connectivity index (χ1v) is 21.7. The van der Waals surface area contributed by atoms with Crippen LogP contribution in [0.5, 0.6) is 0 Å². The number of nitrogens with two attached hydrogens (primary N) is 1. The van der Waals surface area contributed by atoms with Crippen LogP contribution in [0, 0.1) is 0 Å². The Labute approximate surface area is 306 Å². The molecule has 0 aliphatic rings. The largest absolute Gasteiger partial charge is 0.472 e. The number of phosphoric ester groups is 1. The summed E-state index contributed by atoms with van der Waals surface area (Å²) in [5.41, 5.74) is 5.35. The molecule has 0 aromatic rings. The Morgan fingerprint density at radius 3 is 1.66 bits per heavy atom. The third kappa shape index (κ3) is 33.8. The Bertz CT molecular complexity index is 899. The summed E-state index contributed by atoms with van der Waals surface area (Å²) >= 11 is 0. The van der Waals surface area contributed by atoms with E-state index < -0.39 is 38.6 Å². The van der Waals surface area contributed by atoms with Gasteiger partial charge in [0, 0.05) is 6.54 Å². The van der Waals surface area contributed by atoms with Crippen LogP contribution in [-0.2, 0) is 18.4 Å². The van der Waals surface area contributed by atoms with E-state index in [1.165, 1.54) is 96.3 Å².